The maximum Gasteiger partial charge on any atom is 0.269 e. The van der Waals surface area contributed by atoms with Crippen molar-refractivity contribution in [2.24, 2.45) is 0 Å². The van der Waals surface area contributed by atoms with Crippen LogP contribution in [0.5, 0.6) is 0 Å². The Balaban J connectivity index is 0.00000192. The largest absolute Gasteiger partial charge is 0.352 e. The number of hydrogen-bond acceptors (Lipinski definition) is 4. The average molecular weight is 424 g/mol. The van der Waals surface area contributed by atoms with Crippen molar-refractivity contribution in [3.8, 4) is 0 Å². The lowest BCUT2D eigenvalue weighted by Gasteiger charge is -2.32. The number of carbonyl (C=O) groups excluding carboxylic acids is 1. The molecule has 7 nitrogen and oxygen atoms in total. The molecule has 3 N–H and O–H groups in total. The van der Waals surface area contributed by atoms with E-state index < -0.39 is 0 Å². The van der Waals surface area contributed by atoms with Crippen LogP contribution < -0.4 is 10.6 Å². The number of rotatable bonds is 3. The van der Waals surface area contributed by atoms with Crippen molar-refractivity contribution >= 4 is 46.1 Å². The number of amides is 1. The summed E-state index contributed by atoms with van der Waals surface area (Å²) in [6.07, 6.45) is 4.21. The molecular formula is C13H17BrCl2N6O. The third-order valence-electron chi connectivity index (χ3n) is 3.83. The minimum absolute atomic E-state index is 0. The smallest absolute Gasteiger partial charge is 0.269 e. The fraction of sp³-hybridized carbons (Fsp3) is 0.462. The quantitative estimate of drug-likeness (QED) is 0.705. The number of piperidine rings is 1. The number of halogens is 3. The molecule has 0 bridgehead atoms. The molecular weight excluding hydrogens is 407 g/mol. The third-order valence-corrected chi connectivity index (χ3v) is 4.78. The summed E-state index contributed by atoms with van der Waals surface area (Å²) in [6.45, 7) is 3.31. The maximum absolute atomic E-state index is 12.5. The lowest BCUT2D eigenvalue weighted by Crippen LogP contribution is -2.50. The molecule has 2 atom stereocenters. The van der Waals surface area contributed by atoms with Crippen LogP contribution in [0.3, 0.4) is 0 Å². The first-order valence-corrected chi connectivity index (χ1v) is 7.74. The number of carbonyl (C=O) groups is 1. The summed E-state index contributed by atoms with van der Waals surface area (Å²) in [6, 6.07) is -0.0561. The number of nitrogens with one attached hydrogen (secondary N) is 3. The highest BCUT2D eigenvalue weighted by Gasteiger charge is 2.30. The molecule has 3 rings (SSSR count). The number of aromatic nitrogens is 4. The van der Waals surface area contributed by atoms with Gasteiger partial charge in [0.2, 0.25) is 0 Å². The number of H-pyrrole nitrogens is 1. The molecule has 1 amide bonds. The van der Waals surface area contributed by atoms with Gasteiger partial charge in [-0.15, -0.1) is 22.1 Å². The highest BCUT2D eigenvalue weighted by Crippen LogP contribution is 2.29. The Labute approximate surface area is 153 Å². The minimum atomic E-state index is -0.267. The predicted molar refractivity (Wildman–Crippen MR) is 93.7 cm³/mol. The fourth-order valence-corrected chi connectivity index (χ4v) is 3.07. The molecule has 1 saturated heterocycles. The molecule has 1 fully saturated rings. The van der Waals surface area contributed by atoms with Gasteiger partial charge in [-0.1, -0.05) is 28.4 Å². The van der Waals surface area contributed by atoms with Crippen molar-refractivity contribution < 1.29 is 4.79 Å². The van der Waals surface area contributed by atoms with Gasteiger partial charge in [0.15, 0.2) is 0 Å². The summed E-state index contributed by atoms with van der Waals surface area (Å²) in [7, 11) is 0. The zero-order valence-electron chi connectivity index (χ0n) is 12.3. The van der Waals surface area contributed by atoms with Crippen LogP contribution in [0.25, 0.3) is 0 Å². The SMILES string of the molecule is Br.Cc1[nH]c(C(=O)N[C@@H]2CCNC[C@H]2n2ccnn2)c(Cl)c1Cl. The molecule has 1 aliphatic heterocycles. The maximum atomic E-state index is 12.5. The van der Waals surface area contributed by atoms with E-state index in [1.165, 1.54) is 0 Å². The number of aryl methyl sites for hydroxylation is 1. The van der Waals surface area contributed by atoms with Gasteiger partial charge >= 0.3 is 0 Å². The molecule has 10 heteroatoms. The Bertz CT molecular complexity index is 674. The molecule has 2 aromatic rings. The standard InChI is InChI=1S/C13H16Cl2N6O.BrH/c1-7-10(14)11(15)12(18-7)13(22)19-8-2-3-16-6-9(8)21-5-4-17-20-21;/h4-5,8-9,16,18H,2-3,6H2,1H3,(H,19,22);1H/t8-,9-;/m1./s1. The third kappa shape index (κ3) is 3.71. The van der Waals surface area contributed by atoms with E-state index in [1.807, 2.05) is 0 Å². The van der Waals surface area contributed by atoms with Crippen molar-refractivity contribution in [3.63, 3.8) is 0 Å². The van der Waals surface area contributed by atoms with E-state index in [1.54, 1.807) is 24.0 Å². The van der Waals surface area contributed by atoms with Gasteiger partial charge in [-0.3, -0.25) is 4.79 Å². The van der Waals surface area contributed by atoms with Crippen LogP contribution in [0.4, 0.5) is 0 Å². The predicted octanol–water partition coefficient (Wildman–Crippen LogP) is 2.13. The molecule has 0 aromatic carbocycles. The van der Waals surface area contributed by atoms with E-state index in [-0.39, 0.29) is 40.0 Å². The van der Waals surface area contributed by atoms with Gasteiger partial charge in [-0.2, -0.15) is 0 Å². The first-order chi connectivity index (χ1) is 10.6. The lowest BCUT2D eigenvalue weighted by molar-refractivity contribution is 0.0905. The van der Waals surface area contributed by atoms with E-state index in [0.717, 1.165) is 13.0 Å². The Morgan fingerprint density at radius 1 is 1.43 bits per heavy atom. The van der Waals surface area contributed by atoms with Gasteiger partial charge < -0.3 is 15.6 Å². The van der Waals surface area contributed by atoms with E-state index in [4.69, 9.17) is 23.2 Å². The Morgan fingerprint density at radius 3 is 2.83 bits per heavy atom. The summed E-state index contributed by atoms with van der Waals surface area (Å²) in [5.74, 6) is -0.267. The molecule has 3 heterocycles. The van der Waals surface area contributed by atoms with Crippen molar-refractivity contribution in [1.29, 1.82) is 0 Å². The number of hydrogen-bond donors (Lipinski definition) is 3. The molecule has 0 spiro atoms. The van der Waals surface area contributed by atoms with E-state index in [0.29, 0.717) is 23.0 Å². The van der Waals surface area contributed by atoms with Crippen LogP contribution in [0.2, 0.25) is 10.0 Å². The summed E-state index contributed by atoms with van der Waals surface area (Å²) in [4.78, 5) is 15.4. The second-order valence-electron chi connectivity index (χ2n) is 5.28. The summed E-state index contributed by atoms with van der Waals surface area (Å²) < 4.78 is 1.76. The van der Waals surface area contributed by atoms with Gasteiger partial charge in [0, 0.05) is 18.4 Å². The average Bonchev–Trinajstić information content (AvgIpc) is 3.13. The van der Waals surface area contributed by atoms with Crippen molar-refractivity contribution in [2.75, 3.05) is 13.1 Å². The van der Waals surface area contributed by atoms with Crippen LogP contribution in [-0.4, -0.2) is 45.0 Å². The highest BCUT2D eigenvalue weighted by molar-refractivity contribution is 8.93. The molecule has 23 heavy (non-hydrogen) atoms. The van der Waals surface area contributed by atoms with Crippen molar-refractivity contribution in [2.45, 2.75) is 25.4 Å². The molecule has 0 saturated carbocycles. The fourth-order valence-electron chi connectivity index (χ4n) is 2.65. The van der Waals surface area contributed by atoms with E-state index in [2.05, 4.69) is 25.9 Å². The van der Waals surface area contributed by atoms with Crippen LogP contribution >= 0.6 is 40.2 Å². The monoisotopic (exact) mass is 422 g/mol. The molecule has 2 aromatic heterocycles. The molecule has 126 valence electrons. The second-order valence-corrected chi connectivity index (χ2v) is 6.03. The summed E-state index contributed by atoms with van der Waals surface area (Å²) >= 11 is 12.1. The summed E-state index contributed by atoms with van der Waals surface area (Å²) in [5.41, 5.74) is 0.968. The zero-order chi connectivity index (χ0) is 15.7. The Hall–Kier alpha value is -1.09. The molecule has 1 aliphatic rings. The highest BCUT2D eigenvalue weighted by atomic mass is 79.9. The van der Waals surface area contributed by atoms with Crippen LogP contribution in [0.15, 0.2) is 12.4 Å². The van der Waals surface area contributed by atoms with Crippen LogP contribution in [0.1, 0.15) is 28.6 Å². The first-order valence-electron chi connectivity index (χ1n) is 6.99. The molecule has 0 radical (unpaired) electrons. The topological polar surface area (TPSA) is 87.6 Å². The van der Waals surface area contributed by atoms with Crippen molar-refractivity contribution in [1.82, 2.24) is 30.6 Å². The summed E-state index contributed by atoms with van der Waals surface area (Å²) in [5, 5.41) is 14.8. The zero-order valence-corrected chi connectivity index (χ0v) is 15.6. The number of nitrogens with zero attached hydrogens (tertiary/aromatic N) is 3. The molecule has 0 unspecified atom stereocenters. The van der Waals surface area contributed by atoms with Crippen LogP contribution in [0, 0.1) is 6.92 Å². The van der Waals surface area contributed by atoms with Gasteiger partial charge in [0.25, 0.3) is 5.91 Å². The van der Waals surface area contributed by atoms with Gasteiger partial charge in [-0.25, -0.2) is 4.68 Å². The van der Waals surface area contributed by atoms with Gasteiger partial charge in [0.1, 0.15) is 5.69 Å². The second kappa shape index (κ2) is 7.65. The Morgan fingerprint density at radius 2 is 2.22 bits per heavy atom. The van der Waals surface area contributed by atoms with Gasteiger partial charge in [-0.05, 0) is 19.9 Å². The van der Waals surface area contributed by atoms with Crippen molar-refractivity contribution in [3.05, 3.63) is 33.8 Å². The first kappa shape index (κ1) is 18.3. The lowest BCUT2D eigenvalue weighted by atomic mass is 10.0. The van der Waals surface area contributed by atoms with Gasteiger partial charge in [0.05, 0.1) is 28.3 Å². The minimum Gasteiger partial charge on any atom is -0.352 e. The van der Waals surface area contributed by atoms with E-state index >= 15 is 0 Å². The van der Waals surface area contributed by atoms with E-state index in [9.17, 15) is 4.79 Å². The Kier molecular flexibility index (Phi) is 6.07. The molecule has 0 aliphatic carbocycles. The normalized spacial score (nSPS) is 20.8. The van der Waals surface area contributed by atoms with Crippen LogP contribution in [-0.2, 0) is 0 Å². The number of aromatic amines is 1.